The highest BCUT2D eigenvalue weighted by molar-refractivity contribution is 5.94. The van der Waals surface area contributed by atoms with Gasteiger partial charge in [0.1, 0.15) is 5.82 Å². The number of carbonyl (C=O) groups is 1. The van der Waals surface area contributed by atoms with Crippen molar-refractivity contribution in [3.63, 3.8) is 0 Å². The van der Waals surface area contributed by atoms with Gasteiger partial charge in [-0.15, -0.1) is 0 Å². The lowest BCUT2D eigenvalue weighted by molar-refractivity contribution is 0.0628. The first-order valence-electron chi connectivity index (χ1n) is 10.2. The van der Waals surface area contributed by atoms with E-state index >= 15 is 0 Å². The minimum Gasteiger partial charge on any atom is -0.454 e. The summed E-state index contributed by atoms with van der Waals surface area (Å²) in [5.41, 5.74) is 1.89. The average molecular weight is 396 g/mol. The van der Waals surface area contributed by atoms with Gasteiger partial charge in [0.25, 0.3) is 5.91 Å². The van der Waals surface area contributed by atoms with Gasteiger partial charge in [0.05, 0.1) is 0 Å². The Hall–Kier alpha value is -2.80. The van der Waals surface area contributed by atoms with Crippen LogP contribution in [0.1, 0.15) is 36.2 Å². The zero-order chi connectivity index (χ0) is 20.2. The Morgan fingerprint density at radius 1 is 1.14 bits per heavy atom. The van der Waals surface area contributed by atoms with E-state index in [4.69, 9.17) is 9.47 Å². The zero-order valence-corrected chi connectivity index (χ0v) is 17.1. The molecule has 7 heteroatoms. The molecular weight excluding hydrogens is 368 g/mol. The van der Waals surface area contributed by atoms with E-state index in [9.17, 15) is 4.79 Å². The molecule has 1 fully saturated rings. The third-order valence-electron chi connectivity index (χ3n) is 5.52. The molecule has 0 spiro atoms. The van der Waals surface area contributed by atoms with Crippen LogP contribution in [0.5, 0.6) is 11.5 Å². The summed E-state index contributed by atoms with van der Waals surface area (Å²) in [7, 11) is 0. The number of ether oxygens (including phenoxy) is 2. The van der Waals surface area contributed by atoms with Gasteiger partial charge in [0, 0.05) is 50.5 Å². The van der Waals surface area contributed by atoms with Crippen molar-refractivity contribution in [3.05, 3.63) is 47.7 Å². The summed E-state index contributed by atoms with van der Waals surface area (Å²) in [6.07, 6.45) is 2.71. The summed E-state index contributed by atoms with van der Waals surface area (Å²) in [6.45, 7) is 8.51. The minimum atomic E-state index is 0.0716. The van der Waals surface area contributed by atoms with Crippen LogP contribution in [0.4, 0.5) is 5.82 Å². The van der Waals surface area contributed by atoms with E-state index in [1.54, 1.807) is 12.3 Å². The third kappa shape index (κ3) is 4.62. The number of piperazine rings is 1. The summed E-state index contributed by atoms with van der Waals surface area (Å²) < 4.78 is 10.8. The molecule has 0 radical (unpaired) electrons. The molecule has 1 atom stereocenters. The number of benzene rings is 1. The van der Waals surface area contributed by atoms with Crippen molar-refractivity contribution in [2.45, 2.75) is 32.9 Å². The van der Waals surface area contributed by atoms with E-state index in [2.05, 4.69) is 35.1 Å². The fourth-order valence-electron chi connectivity index (χ4n) is 3.59. The van der Waals surface area contributed by atoms with Gasteiger partial charge in [-0.05, 0) is 43.2 Å². The first-order chi connectivity index (χ1) is 14.1. The monoisotopic (exact) mass is 396 g/mol. The van der Waals surface area contributed by atoms with Crippen molar-refractivity contribution in [3.8, 4) is 11.5 Å². The number of carbonyl (C=O) groups excluding carboxylic acids is 1. The highest BCUT2D eigenvalue weighted by atomic mass is 16.7. The second-order valence-corrected chi connectivity index (χ2v) is 7.64. The van der Waals surface area contributed by atoms with Gasteiger partial charge in [-0.25, -0.2) is 4.98 Å². The second kappa shape index (κ2) is 8.69. The number of rotatable bonds is 6. The van der Waals surface area contributed by atoms with E-state index in [1.165, 1.54) is 5.56 Å². The Labute approximate surface area is 171 Å². The van der Waals surface area contributed by atoms with Crippen LogP contribution in [0.25, 0.3) is 0 Å². The van der Waals surface area contributed by atoms with E-state index in [0.29, 0.717) is 18.4 Å². The van der Waals surface area contributed by atoms with Crippen LogP contribution in [0, 0.1) is 0 Å². The second-order valence-electron chi connectivity index (χ2n) is 7.64. The SMILES string of the molecule is CCC(C)Nc1cc(C(=O)N2CCN(Cc3ccc4c(c3)OCO4)CC2)ccn1. The molecule has 7 nitrogen and oxygen atoms in total. The van der Waals surface area contributed by atoms with Crippen molar-refractivity contribution in [1.82, 2.24) is 14.8 Å². The van der Waals surface area contributed by atoms with Gasteiger partial charge >= 0.3 is 0 Å². The van der Waals surface area contributed by atoms with Crippen molar-refractivity contribution in [2.24, 2.45) is 0 Å². The largest absolute Gasteiger partial charge is 0.454 e. The number of amides is 1. The fourth-order valence-corrected chi connectivity index (χ4v) is 3.59. The average Bonchev–Trinajstić information content (AvgIpc) is 3.22. The molecule has 1 amide bonds. The van der Waals surface area contributed by atoms with Crippen molar-refractivity contribution in [1.29, 1.82) is 0 Å². The van der Waals surface area contributed by atoms with Crippen molar-refractivity contribution < 1.29 is 14.3 Å². The van der Waals surface area contributed by atoms with Crippen LogP contribution in [-0.2, 0) is 6.54 Å². The van der Waals surface area contributed by atoms with Gasteiger partial charge < -0.3 is 19.7 Å². The Morgan fingerprint density at radius 2 is 1.93 bits per heavy atom. The maximum Gasteiger partial charge on any atom is 0.254 e. The fraction of sp³-hybridized carbons (Fsp3) is 0.455. The Kier molecular flexibility index (Phi) is 5.85. The molecule has 2 aliphatic heterocycles. The number of hydrogen-bond acceptors (Lipinski definition) is 6. The Balaban J connectivity index is 1.32. The topological polar surface area (TPSA) is 66.9 Å². The predicted molar refractivity (Wildman–Crippen MR) is 111 cm³/mol. The maximum absolute atomic E-state index is 12.9. The molecule has 1 saturated heterocycles. The molecule has 1 aromatic heterocycles. The first-order valence-corrected chi connectivity index (χ1v) is 10.2. The lowest BCUT2D eigenvalue weighted by Gasteiger charge is -2.34. The molecule has 1 N–H and O–H groups in total. The summed E-state index contributed by atoms with van der Waals surface area (Å²) in [6, 6.07) is 10.1. The van der Waals surface area contributed by atoms with E-state index in [1.807, 2.05) is 23.1 Å². The summed E-state index contributed by atoms with van der Waals surface area (Å²) in [5.74, 6) is 2.45. The molecule has 4 rings (SSSR count). The zero-order valence-electron chi connectivity index (χ0n) is 17.1. The molecule has 0 aliphatic carbocycles. The van der Waals surface area contributed by atoms with E-state index in [-0.39, 0.29) is 5.91 Å². The molecule has 1 unspecified atom stereocenters. The van der Waals surface area contributed by atoms with Crippen molar-refractivity contribution >= 4 is 11.7 Å². The number of pyridine rings is 1. The number of aromatic nitrogens is 1. The summed E-state index contributed by atoms with van der Waals surface area (Å²) >= 11 is 0. The van der Waals surface area contributed by atoms with Gasteiger partial charge in [0.2, 0.25) is 6.79 Å². The van der Waals surface area contributed by atoms with Gasteiger partial charge in [-0.2, -0.15) is 0 Å². The molecule has 2 aliphatic rings. The Morgan fingerprint density at radius 3 is 2.72 bits per heavy atom. The quantitative estimate of drug-likeness (QED) is 0.810. The molecular formula is C22H28N4O3. The number of nitrogens with zero attached hydrogens (tertiary/aromatic N) is 3. The maximum atomic E-state index is 12.9. The summed E-state index contributed by atoms with van der Waals surface area (Å²) in [4.78, 5) is 21.5. The van der Waals surface area contributed by atoms with Crippen LogP contribution in [0.15, 0.2) is 36.5 Å². The first kappa shape index (κ1) is 19.5. The van der Waals surface area contributed by atoms with Gasteiger partial charge in [-0.3, -0.25) is 9.69 Å². The van der Waals surface area contributed by atoms with Crippen LogP contribution in [0.3, 0.4) is 0 Å². The van der Waals surface area contributed by atoms with Crippen molar-refractivity contribution in [2.75, 3.05) is 38.3 Å². The minimum absolute atomic E-state index is 0.0716. The standard InChI is InChI=1S/C22H28N4O3/c1-3-16(2)24-21-13-18(6-7-23-21)22(27)26-10-8-25(9-11-26)14-17-4-5-19-20(12-17)29-15-28-19/h4-7,12-13,16H,3,8-11,14-15H2,1-2H3,(H,23,24). The molecule has 3 heterocycles. The Bertz CT molecular complexity index is 865. The summed E-state index contributed by atoms with van der Waals surface area (Å²) in [5, 5.41) is 3.33. The highest BCUT2D eigenvalue weighted by Crippen LogP contribution is 2.32. The molecule has 2 aromatic rings. The van der Waals surface area contributed by atoms with Gasteiger partial charge in [0.15, 0.2) is 11.5 Å². The number of anilines is 1. The molecule has 154 valence electrons. The molecule has 29 heavy (non-hydrogen) atoms. The van der Waals surface area contributed by atoms with E-state index in [0.717, 1.165) is 56.5 Å². The number of fused-ring (bicyclic) bond motifs is 1. The lowest BCUT2D eigenvalue weighted by atomic mass is 10.1. The highest BCUT2D eigenvalue weighted by Gasteiger charge is 2.23. The third-order valence-corrected chi connectivity index (χ3v) is 5.52. The van der Waals surface area contributed by atoms with Gasteiger partial charge in [-0.1, -0.05) is 13.0 Å². The number of hydrogen-bond donors (Lipinski definition) is 1. The smallest absolute Gasteiger partial charge is 0.254 e. The molecule has 1 aromatic carbocycles. The van der Waals surface area contributed by atoms with Crippen LogP contribution < -0.4 is 14.8 Å². The normalized spacial score (nSPS) is 17.2. The van der Waals surface area contributed by atoms with Crippen LogP contribution in [-0.4, -0.2) is 59.7 Å². The van der Waals surface area contributed by atoms with Crippen LogP contribution >= 0.6 is 0 Å². The van der Waals surface area contributed by atoms with E-state index < -0.39 is 0 Å². The lowest BCUT2D eigenvalue weighted by Crippen LogP contribution is -2.48. The molecule has 0 saturated carbocycles. The van der Waals surface area contributed by atoms with Crippen LogP contribution in [0.2, 0.25) is 0 Å². The number of nitrogens with one attached hydrogen (secondary N) is 1. The molecule has 0 bridgehead atoms. The predicted octanol–water partition coefficient (Wildman–Crippen LogP) is 2.98.